The summed E-state index contributed by atoms with van der Waals surface area (Å²) >= 11 is 1.39. The summed E-state index contributed by atoms with van der Waals surface area (Å²) in [7, 11) is 0. The van der Waals surface area contributed by atoms with Crippen molar-refractivity contribution in [2.45, 2.75) is 69.1 Å². The van der Waals surface area contributed by atoms with Gasteiger partial charge in [0.15, 0.2) is 11.0 Å². The van der Waals surface area contributed by atoms with E-state index in [9.17, 15) is 9.18 Å². The molecule has 1 amide bonds. The number of likely N-dealkylation sites (tertiary alicyclic amines) is 1. The van der Waals surface area contributed by atoms with Gasteiger partial charge in [-0.25, -0.2) is 4.39 Å². The van der Waals surface area contributed by atoms with Gasteiger partial charge in [0.05, 0.1) is 12.3 Å². The van der Waals surface area contributed by atoms with E-state index in [-0.39, 0.29) is 11.7 Å². The molecular formula is C22H30FN5OS. The van der Waals surface area contributed by atoms with Gasteiger partial charge in [-0.1, -0.05) is 37.4 Å². The molecule has 30 heavy (non-hydrogen) atoms. The topological polar surface area (TPSA) is 63.1 Å². The molecule has 2 heterocycles. The zero-order chi connectivity index (χ0) is 20.8. The van der Waals surface area contributed by atoms with Crippen LogP contribution in [0.25, 0.3) is 5.69 Å². The lowest BCUT2D eigenvalue weighted by Gasteiger charge is -2.26. The van der Waals surface area contributed by atoms with E-state index in [0.717, 1.165) is 37.4 Å². The van der Waals surface area contributed by atoms with E-state index in [0.29, 0.717) is 23.5 Å². The lowest BCUT2D eigenvalue weighted by molar-refractivity contribution is -0.119. The van der Waals surface area contributed by atoms with Crippen molar-refractivity contribution in [3.8, 4) is 5.69 Å². The first-order valence-electron chi connectivity index (χ1n) is 11.0. The second kappa shape index (κ2) is 10.4. The summed E-state index contributed by atoms with van der Waals surface area (Å²) in [5, 5.41) is 12.6. The van der Waals surface area contributed by atoms with Gasteiger partial charge < -0.3 is 5.32 Å². The molecule has 1 saturated carbocycles. The van der Waals surface area contributed by atoms with Gasteiger partial charge in [-0.2, -0.15) is 0 Å². The Morgan fingerprint density at radius 2 is 1.73 bits per heavy atom. The molecule has 4 rings (SSSR count). The Hall–Kier alpha value is -1.93. The zero-order valence-electron chi connectivity index (χ0n) is 17.4. The van der Waals surface area contributed by atoms with Crippen LogP contribution < -0.4 is 5.32 Å². The SMILES string of the molecule is O=C(CSc1nnc(CN2CCCCC2)n1-c1ccc(F)cc1)NC1CCCCC1. The van der Waals surface area contributed by atoms with Gasteiger partial charge in [0.1, 0.15) is 5.82 Å². The third-order valence-corrected chi connectivity index (χ3v) is 6.83. The molecule has 6 nitrogen and oxygen atoms in total. The summed E-state index contributed by atoms with van der Waals surface area (Å²) in [4.78, 5) is 14.8. The molecule has 1 aliphatic carbocycles. The lowest BCUT2D eigenvalue weighted by Crippen LogP contribution is -2.37. The fraction of sp³-hybridized carbons (Fsp3) is 0.591. The first-order chi connectivity index (χ1) is 14.7. The standard InChI is InChI=1S/C22H30FN5OS/c23-17-9-11-19(12-10-17)28-20(15-27-13-5-2-6-14-27)25-26-22(28)30-16-21(29)24-18-7-3-1-4-8-18/h9-12,18H,1-8,13-16H2,(H,24,29). The lowest BCUT2D eigenvalue weighted by atomic mass is 9.95. The zero-order valence-corrected chi connectivity index (χ0v) is 18.2. The number of thioether (sulfide) groups is 1. The minimum atomic E-state index is -0.273. The van der Waals surface area contributed by atoms with E-state index in [1.54, 1.807) is 12.1 Å². The Kier molecular flexibility index (Phi) is 7.38. The van der Waals surface area contributed by atoms with Crippen molar-refractivity contribution in [3.05, 3.63) is 35.9 Å². The average molecular weight is 432 g/mol. The van der Waals surface area contributed by atoms with Crippen LogP contribution in [0.1, 0.15) is 57.2 Å². The maximum atomic E-state index is 13.5. The normalized spacial score (nSPS) is 18.4. The van der Waals surface area contributed by atoms with Gasteiger partial charge in [0, 0.05) is 11.7 Å². The van der Waals surface area contributed by atoms with Crippen molar-refractivity contribution >= 4 is 17.7 Å². The molecule has 8 heteroatoms. The highest BCUT2D eigenvalue weighted by molar-refractivity contribution is 7.99. The van der Waals surface area contributed by atoms with Crippen LogP contribution in [0.15, 0.2) is 29.4 Å². The number of rotatable bonds is 7. The van der Waals surface area contributed by atoms with Crippen LogP contribution >= 0.6 is 11.8 Å². The van der Waals surface area contributed by atoms with Gasteiger partial charge in [0.2, 0.25) is 5.91 Å². The van der Waals surface area contributed by atoms with Crippen molar-refractivity contribution in [2.24, 2.45) is 0 Å². The maximum Gasteiger partial charge on any atom is 0.230 e. The minimum Gasteiger partial charge on any atom is -0.353 e. The largest absolute Gasteiger partial charge is 0.353 e. The highest BCUT2D eigenvalue weighted by Crippen LogP contribution is 2.24. The van der Waals surface area contributed by atoms with E-state index in [1.807, 2.05) is 4.57 Å². The Morgan fingerprint density at radius 1 is 1.03 bits per heavy atom. The van der Waals surface area contributed by atoms with E-state index >= 15 is 0 Å². The molecule has 0 radical (unpaired) electrons. The van der Waals surface area contributed by atoms with E-state index in [1.165, 1.54) is 62.4 Å². The number of amides is 1. The Balaban J connectivity index is 1.47. The van der Waals surface area contributed by atoms with Gasteiger partial charge >= 0.3 is 0 Å². The monoisotopic (exact) mass is 431 g/mol. The Labute approximate surface area is 181 Å². The van der Waals surface area contributed by atoms with Gasteiger partial charge in [0.25, 0.3) is 0 Å². The minimum absolute atomic E-state index is 0.0399. The smallest absolute Gasteiger partial charge is 0.230 e. The van der Waals surface area contributed by atoms with Crippen LogP contribution in [0.5, 0.6) is 0 Å². The summed E-state index contributed by atoms with van der Waals surface area (Å²) in [6.45, 7) is 2.82. The number of hydrogen-bond acceptors (Lipinski definition) is 5. The maximum absolute atomic E-state index is 13.5. The molecule has 1 aromatic heterocycles. The number of aromatic nitrogens is 3. The number of nitrogens with one attached hydrogen (secondary N) is 1. The van der Waals surface area contributed by atoms with Crippen molar-refractivity contribution < 1.29 is 9.18 Å². The van der Waals surface area contributed by atoms with E-state index < -0.39 is 0 Å². The van der Waals surface area contributed by atoms with Crippen LogP contribution in [0.2, 0.25) is 0 Å². The van der Waals surface area contributed by atoms with Crippen molar-refractivity contribution in [2.75, 3.05) is 18.8 Å². The van der Waals surface area contributed by atoms with Crippen molar-refractivity contribution in [1.82, 2.24) is 25.0 Å². The predicted octanol–water partition coefficient (Wildman–Crippen LogP) is 3.93. The number of carbonyl (C=O) groups is 1. The summed E-state index contributed by atoms with van der Waals surface area (Å²) in [6, 6.07) is 6.68. The summed E-state index contributed by atoms with van der Waals surface area (Å²) < 4.78 is 15.4. The highest BCUT2D eigenvalue weighted by atomic mass is 32.2. The average Bonchev–Trinajstić information content (AvgIpc) is 3.16. The molecule has 1 aliphatic heterocycles. The fourth-order valence-electron chi connectivity index (χ4n) is 4.31. The fourth-order valence-corrected chi connectivity index (χ4v) is 5.09. The first-order valence-corrected chi connectivity index (χ1v) is 12.0. The summed E-state index contributed by atoms with van der Waals surface area (Å²) in [5.41, 5.74) is 0.823. The summed E-state index contributed by atoms with van der Waals surface area (Å²) in [6.07, 6.45) is 9.47. The van der Waals surface area contributed by atoms with Crippen molar-refractivity contribution in [3.63, 3.8) is 0 Å². The molecule has 2 fully saturated rings. The molecule has 1 N–H and O–H groups in total. The third-order valence-electron chi connectivity index (χ3n) is 5.90. The molecule has 0 unspecified atom stereocenters. The highest BCUT2D eigenvalue weighted by Gasteiger charge is 2.21. The Bertz CT molecular complexity index is 829. The van der Waals surface area contributed by atoms with Crippen LogP contribution in [0, 0.1) is 5.82 Å². The van der Waals surface area contributed by atoms with E-state index in [2.05, 4.69) is 20.4 Å². The number of benzene rings is 1. The Morgan fingerprint density at radius 3 is 2.47 bits per heavy atom. The molecule has 0 atom stereocenters. The first kappa shape index (κ1) is 21.3. The predicted molar refractivity (Wildman–Crippen MR) is 116 cm³/mol. The van der Waals surface area contributed by atoms with Crippen LogP contribution in [-0.4, -0.2) is 50.5 Å². The number of carbonyl (C=O) groups excluding carboxylic acids is 1. The number of hydrogen-bond donors (Lipinski definition) is 1. The second-order valence-corrected chi connectivity index (χ2v) is 9.18. The molecule has 1 saturated heterocycles. The van der Waals surface area contributed by atoms with Crippen molar-refractivity contribution in [1.29, 1.82) is 0 Å². The van der Waals surface area contributed by atoms with Gasteiger partial charge in [-0.15, -0.1) is 10.2 Å². The molecule has 1 aromatic carbocycles. The number of halogens is 1. The van der Waals surface area contributed by atoms with Gasteiger partial charge in [-0.05, 0) is 63.0 Å². The molecule has 0 spiro atoms. The second-order valence-electron chi connectivity index (χ2n) is 8.24. The molecular weight excluding hydrogens is 401 g/mol. The quantitative estimate of drug-likeness (QED) is 0.673. The van der Waals surface area contributed by atoms with E-state index in [4.69, 9.17) is 0 Å². The third kappa shape index (κ3) is 5.60. The summed E-state index contributed by atoms with van der Waals surface area (Å²) in [5.74, 6) is 0.904. The van der Waals surface area contributed by atoms with Crippen LogP contribution in [0.3, 0.4) is 0 Å². The number of nitrogens with zero attached hydrogens (tertiary/aromatic N) is 4. The van der Waals surface area contributed by atoms with Gasteiger partial charge in [-0.3, -0.25) is 14.3 Å². The van der Waals surface area contributed by atoms with Crippen LogP contribution in [-0.2, 0) is 11.3 Å². The molecule has 0 bridgehead atoms. The molecule has 162 valence electrons. The number of piperidine rings is 1. The van der Waals surface area contributed by atoms with Crippen LogP contribution in [0.4, 0.5) is 4.39 Å². The molecule has 2 aliphatic rings. The molecule has 2 aromatic rings.